The van der Waals surface area contributed by atoms with Gasteiger partial charge < -0.3 is 25.4 Å². The molecule has 1 fully saturated rings. The number of alkyl halides is 3. The fourth-order valence-corrected chi connectivity index (χ4v) is 5.41. The number of hydrogen-bond acceptors (Lipinski definition) is 4. The van der Waals surface area contributed by atoms with Crippen LogP contribution in [0.3, 0.4) is 0 Å². The van der Waals surface area contributed by atoms with E-state index in [-0.39, 0.29) is 12.3 Å². The number of piperazine rings is 1. The lowest BCUT2D eigenvalue weighted by Gasteiger charge is -2.38. The van der Waals surface area contributed by atoms with Crippen molar-refractivity contribution in [2.75, 3.05) is 42.7 Å². The highest BCUT2D eigenvalue weighted by atomic mass is 32.2. The molecule has 1 aromatic heterocycles. The van der Waals surface area contributed by atoms with Gasteiger partial charge in [0.15, 0.2) is 0 Å². The second kappa shape index (κ2) is 12.2. The molecular formula is C30H30F3N5O2S. The Hall–Kier alpha value is -4.12. The van der Waals surface area contributed by atoms with Crippen LogP contribution in [0.25, 0.3) is 10.9 Å². The van der Waals surface area contributed by atoms with E-state index >= 15 is 0 Å². The highest BCUT2D eigenvalue weighted by molar-refractivity contribution is 7.98. The Labute approximate surface area is 240 Å². The zero-order valence-corrected chi connectivity index (χ0v) is 23.2. The first-order valence-electron chi connectivity index (χ1n) is 13.2. The summed E-state index contributed by atoms with van der Waals surface area (Å²) in [5.74, 6) is -0.244. The summed E-state index contributed by atoms with van der Waals surface area (Å²) in [7, 11) is 0. The van der Waals surface area contributed by atoms with Crippen molar-refractivity contribution >= 4 is 46.0 Å². The van der Waals surface area contributed by atoms with Crippen LogP contribution in [-0.4, -0.2) is 60.3 Å². The van der Waals surface area contributed by atoms with Gasteiger partial charge in [0.1, 0.15) is 6.04 Å². The number of amides is 3. The monoisotopic (exact) mass is 581 g/mol. The maximum absolute atomic E-state index is 13.8. The van der Waals surface area contributed by atoms with Crippen LogP contribution in [0, 0.1) is 0 Å². The van der Waals surface area contributed by atoms with Crippen molar-refractivity contribution in [3.05, 3.63) is 90.1 Å². The van der Waals surface area contributed by atoms with Crippen LogP contribution >= 0.6 is 11.8 Å². The zero-order valence-electron chi connectivity index (χ0n) is 22.4. The molecule has 1 aliphatic rings. The van der Waals surface area contributed by atoms with Gasteiger partial charge in [-0.05, 0) is 60.4 Å². The molecule has 5 rings (SSSR count). The number of rotatable bonds is 7. The Morgan fingerprint density at radius 3 is 2.41 bits per heavy atom. The lowest BCUT2D eigenvalue weighted by atomic mass is 10.0. The molecule has 0 spiro atoms. The van der Waals surface area contributed by atoms with E-state index in [0.29, 0.717) is 37.6 Å². The van der Waals surface area contributed by atoms with Gasteiger partial charge in [0.25, 0.3) is 0 Å². The van der Waals surface area contributed by atoms with E-state index in [1.807, 2.05) is 53.8 Å². The largest absolute Gasteiger partial charge is 0.416 e. The number of aromatic nitrogens is 1. The number of nitrogens with zero attached hydrogens (tertiary/aromatic N) is 2. The standard InChI is InChI=1S/C30H30F3N5O2S/c1-41-24-11-9-22(10-12-24)35-29(40)36-27(17-20-19-34-26-8-3-2-7-25(20)26)28(39)38-15-13-37(14-16-38)23-6-4-5-21(18-23)30(31,32)33/h2-12,18-19,27,34H,13-17H2,1H3,(H2,35,36,40). The number of anilines is 2. The maximum atomic E-state index is 13.8. The summed E-state index contributed by atoms with van der Waals surface area (Å²) in [6.07, 6.45) is -0.338. The van der Waals surface area contributed by atoms with Crippen molar-refractivity contribution < 1.29 is 22.8 Å². The lowest BCUT2D eigenvalue weighted by molar-refractivity contribution is -0.137. The highest BCUT2D eigenvalue weighted by Crippen LogP contribution is 2.32. The summed E-state index contributed by atoms with van der Waals surface area (Å²) in [6, 6.07) is 19.0. The normalized spacial score (nSPS) is 14.6. The van der Waals surface area contributed by atoms with Crippen LogP contribution in [-0.2, 0) is 17.4 Å². The van der Waals surface area contributed by atoms with Crippen molar-refractivity contribution in [1.29, 1.82) is 0 Å². The number of para-hydroxylation sites is 1. The Kier molecular flexibility index (Phi) is 8.44. The van der Waals surface area contributed by atoms with Gasteiger partial charge in [-0.2, -0.15) is 13.2 Å². The number of urea groups is 1. The molecule has 3 aromatic carbocycles. The van der Waals surface area contributed by atoms with Crippen LogP contribution in [0.1, 0.15) is 11.1 Å². The van der Waals surface area contributed by atoms with Crippen LogP contribution in [0.2, 0.25) is 0 Å². The summed E-state index contributed by atoms with van der Waals surface area (Å²) in [6.45, 7) is 1.39. The molecule has 4 aromatic rings. The summed E-state index contributed by atoms with van der Waals surface area (Å²) in [4.78, 5) is 34.5. The smallest absolute Gasteiger partial charge is 0.368 e. The average molecular weight is 582 g/mol. The van der Waals surface area contributed by atoms with Crippen LogP contribution in [0.5, 0.6) is 0 Å². The third-order valence-electron chi connectivity index (χ3n) is 7.18. The number of benzene rings is 3. The van der Waals surface area contributed by atoms with Crippen molar-refractivity contribution in [3.63, 3.8) is 0 Å². The first-order chi connectivity index (χ1) is 19.7. The SMILES string of the molecule is CSc1ccc(NC(=O)NC(Cc2c[nH]c3ccccc23)C(=O)N2CCN(c3cccc(C(F)(F)F)c3)CC2)cc1. The maximum Gasteiger partial charge on any atom is 0.416 e. The molecule has 0 aliphatic carbocycles. The van der Waals surface area contributed by atoms with Gasteiger partial charge >= 0.3 is 12.2 Å². The molecule has 0 saturated carbocycles. The van der Waals surface area contributed by atoms with E-state index in [1.165, 1.54) is 6.07 Å². The average Bonchev–Trinajstić information content (AvgIpc) is 3.39. The first kappa shape index (κ1) is 28.4. The van der Waals surface area contributed by atoms with E-state index in [0.717, 1.165) is 33.5 Å². The molecule has 7 nitrogen and oxygen atoms in total. The number of fused-ring (bicyclic) bond motifs is 1. The van der Waals surface area contributed by atoms with Gasteiger partial charge in [0.2, 0.25) is 5.91 Å². The number of H-pyrrole nitrogens is 1. The molecule has 1 saturated heterocycles. The summed E-state index contributed by atoms with van der Waals surface area (Å²) < 4.78 is 39.6. The molecule has 0 radical (unpaired) electrons. The number of carbonyl (C=O) groups excluding carboxylic acids is 2. The zero-order chi connectivity index (χ0) is 29.0. The van der Waals surface area contributed by atoms with E-state index < -0.39 is 23.8 Å². The van der Waals surface area contributed by atoms with E-state index in [9.17, 15) is 22.8 Å². The summed E-state index contributed by atoms with van der Waals surface area (Å²) in [5, 5.41) is 6.64. The Bertz CT molecular complexity index is 1510. The Morgan fingerprint density at radius 1 is 0.976 bits per heavy atom. The highest BCUT2D eigenvalue weighted by Gasteiger charge is 2.32. The van der Waals surface area contributed by atoms with E-state index in [1.54, 1.807) is 34.9 Å². The number of thioether (sulfide) groups is 1. The van der Waals surface area contributed by atoms with Crippen molar-refractivity contribution in [3.8, 4) is 0 Å². The molecule has 41 heavy (non-hydrogen) atoms. The van der Waals surface area contributed by atoms with Crippen LogP contribution < -0.4 is 15.5 Å². The van der Waals surface area contributed by atoms with Crippen molar-refractivity contribution in [1.82, 2.24) is 15.2 Å². The molecule has 11 heteroatoms. The third kappa shape index (κ3) is 6.79. The number of carbonyl (C=O) groups is 2. The molecule has 214 valence electrons. The van der Waals surface area contributed by atoms with E-state index in [2.05, 4.69) is 15.6 Å². The van der Waals surface area contributed by atoms with Gasteiger partial charge in [-0.1, -0.05) is 24.3 Å². The van der Waals surface area contributed by atoms with E-state index in [4.69, 9.17) is 0 Å². The third-order valence-corrected chi connectivity index (χ3v) is 7.92. The minimum atomic E-state index is -4.42. The van der Waals surface area contributed by atoms with Gasteiger partial charge in [0, 0.05) is 66.0 Å². The van der Waals surface area contributed by atoms with Crippen molar-refractivity contribution in [2.45, 2.75) is 23.5 Å². The second-order valence-electron chi connectivity index (χ2n) is 9.80. The number of nitrogens with one attached hydrogen (secondary N) is 3. The van der Waals surface area contributed by atoms with Crippen LogP contribution in [0.15, 0.2) is 83.9 Å². The minimum absolute atomic E-state index is 0.244. The van der Waals surface area contributed by atoms with Gasteiger partial charge in [0.05, 0.1) is 5.56 Å². The molecule has 1 aliphatic heterocycles. The quantitative estimate of drug-likeness (QED) is 0.234. The number of hydrogen-bond donors (Lipinski definition) is 3. The minimum Gasteiger partial charge on any atom is -0.368 e. The lowest BCUT2D eigenvalue weighted by Crippen LogP contribution is -2.56. The fourth-order valence-electron chi connectivity index (χ4n) is 5.00. The first-order valence-corrected chi connectivity index (χ1v) is 14.4. The Balaban J connectivity index is 1.30. The van der Waals surface area contributed by atoms with Crippen LogP contribution in [0.4, 0.5) is 29.3 Å². The predicted octanol–water partition coefficient (Wildman–Crippen LogP) is 5.99. The molecule has 2 heterocycles. The molecule has 1 unspecified atom stereocenters. The van der Waals surface area contributed by atoms with Gasteiger partial charge in [-0.3, -0.25) is 4.79 Å². The molecule has 1 atom stereocenters. The molecule has 3 N–H and O–H groups in total. The van der Waals surface area contributed by atoms with Gasteiger partial charge in [-0.15, -0.1) is 11.8 Å². The molecule has 3 amide bonds. The molecular weight excluding hydrogens is 551 g/mol. The Morgan fingerprint density at radius 2 is 1.71 bits per heavy atom. The predicted molar refractivity (Wildman–Crippen MR) is 156 cm³/mol. The number of halogens is 3. The number of aromatic amines is 1. The fraction of sp³-hybridized carbons (Fsp3) is 0.267. The summed E-state index contributed by atoms with van der Waals surface area (Å²) in [5.41, 5.74) is 2.19. The van der Waals surface area contributed by atoms with Crippen molar-refractivity contribution in [2.24, 2.45) is 0 Å². The topological polar surface area (TPSA) is 80.5 Å². The molecule has 0 bridgehead atoms. The summed E-state index contributed by atoms with van der Waals surface area (Å²) >= 11 is 1.60. The van der Waals surface area contributed by atoms with Gasteiger partial charge in [-0.25, -0.2) is 4.79 Å². The second-order valence-corrected chi connectivity index (χ2v) is 10.7.